The summed E-state index contributed by atoms with van der Waals surface area (Å²) in [5, 5.41) is 6.53. The van der Waals surface area contributed by atoms with Crippen LogP contribution in [0.15, 0.2) is 58.2 Å². The molecule has 4 heteroatoms. The lowest BCUT2D eigenvalue weighted by Crippen LogP contribution is -2.44. The van der Waals surface area contributed by atoms with Gasteiger partial charge in [0.05, 0.1) is 25.6 Å². The highest BCUT2D eigenvalue weighted by Gasteiger charge is 2.15. The van der Waals surface area contributed by atoms with Gasteiger partial charge in [0.2, 0.25) is 0 Å². The quantitative estimate of drug-likeness (QED) is 0.790. The van der Waals surface area contributed by atoms with Crippen LogP contribution in [0.4, 0.5) is 5.69 Å². The van der Waals surface area contributed by atoms with Gasteiger partial charge in [0.15, 0.2) is 0 Å². The first-order chi connectivity index (χ1) is 9.42. The molecule has 4 nitrogen and oxygen atoms in total. The molecular weight excluding hydrogens is 238 g/mol. The van der Waals surface area contributed by atoms with Gasteiger partial charge >= 0.3 is 0 Å². The Kier molecular flexibility index (Phi) is 3.49. The van der Waals surface area contributed by atoms with Gasteiger partial charge in [-0.05, 0) is 24.3 Å². The van der Waals surface area contributed by atoms with Crippen LogP contribution < -0.4 is 4.90 Å². The van der Waals surface area contributed by atoms with Gasteiger partial charge in [0, 0.05) is 18.8 Å². The molecule has 0 amide bonds. The van der Waals surface area contributed by atoms with Crippen molar-refractivity contribution < 1.29 is 4.42 Å². The lowest BCUT2D eigenvalue weighted by Gasteiger charge is -2.34. The third-order valence-electron chi connectivity index (χ3n) is 3.27. The molecule has 1 aliphatic heterocycles. The summed E-state index contributed by atoms with van der Waals surface area (Å²) >= 11 is 0. The molecule has 0 unspecified atom stereocenters. The molecule has 0 spiro atoms. The highest BCUT2D eigenvalue weighted by atomic mass is 16.3. The summed E-state index contributed by atoms with van der Waals surface area (Å²) in [4.78, 5) is 2.39. The molecule has 19 heavy (non-hydrogen) atoms. The fraction of sp³-hybridized carbons (Fsp3) is 0.267. The maximum Gasteiger partial charge on any atom is 0.146 e. The summed E-state index contributed by atoms with van der Waals surface area (Å²) in [5.41, 5.74) is 1.29. The molecule has 0 aliphatic carbocycles. The normalized spacial score (nSPS) is 16.2. The third-order valence-corrected chi connectivity index (χ3v) is 3.27. The van der Waals surface area contributed by atoms with Crippen molar-refractivity contribution in [3.05, 3.63) is 54.5 Å². The van der Waals surface area contributed by atoms with Crippen molar-refractivity contribution >= 4 is 11.9 Å². The van der Waals surface area contributed by atoms with Crippen LogP contribution in [0, 0.1) is 0 Å². The van der Waals surface area contributed by atoms with E-state index in [-0.39, 0.29) is 0 Å². The third kappa shape index (κ3) is 2.96. The molecule has 1 fully saturated rings. The van der Waals surface area contributed by atoms with Gasteiger partial charge < -0.3 is 9.32 Å². The van der Waals surface area contributed by atoms with E-state index in [1.807, 2.05) is 18.2 Å². The van der Waals surface area contributed by atoms with Crippen molar-refractivity contribution in [3.8, 4) is 0 Å². The summed E-state index contributed by atoms with van der Waals surface area (Å²) in [6.07, 6.45) is 3.44. The number of para-hydroxylation sites is 1. The topological polar surface area (TPSA) is 32.0 Å². The first kappa shape index (κ1) is 11.8. The van der Waals surface area contributed by atoms with E-state index in [1.54, 1.807) is 12.5 Å². The van der Waals surface area contributed by atoms with E-state index < -0.39 is 0 Å². The van der Waals surface area contributed by atoms with E-state index in [0.717, 1.165) is 31.9 Å². The van der Waals surface area contributed by atoms with Gasteiger partial charge in [-0.25, -0.2) is 0 Å². The first-order valence-electron chi connectivity index (χ1n) is 6.54. The summed E-state index contributed by atoms with van der Waals surface area (Å²) in [5.74, 6) is 0.797. The predicted molar refractivity (Wildman–Crippen MR) is 76.5 cm³/mol. The van der Waals surface area contributed by atoms with Gasteiger partial charge in [-0.2, -0.15) is 5.10 Å². The van der Waals surface area contributed by atoms with Crippen molar-refractivity contribution in [1.82, 2.24) is 5.01 Å². The zero-order chi connectivity index (χ0) is 12.9. The smallest absolute Gasteiger partial charge is 0.146 e. The van der Waals surface area contributed by atoms with E-state index >= 15 is 0 Å². The Balaban J connectivity index is 1.55. The van der Waals surface area contributed by atoms with E-state index in [9.17, 15) is 0 Å². The van der Waals surface area contributed by atoms with Gasteiger partial charge in [0.25, 0.3) is 0 Å². The van der Waals surface area contributed by atoms with Crippen LogP contribution in [-0.4, -0.2) is 37.4 Å². The van der Waals surface area contributed by atoms with Crippen molar-refractivity contribution in [1.29, 1.82) is 0 Å². The highest BCUT2D eigenvalue weighted by molar-refractivity contribution is 5.75. The van der Waals surface area contributed by atoms with Crippen LogP contribution in [0.5, 0.6) is 0 Å². The number of nitrogens with zero attached hydrogens (tertiary/aromatic N) is 3. The lowest BCUT2D eigenvalue weighted by molar-refractivity contribution is 0.271. The van der Waals surface area contributed by atoms with Crippen molar-refractivity contribution in [3.63, 3.8) is 0 Å². The summed E-state index contributed by atoms with van der Waals surface area (Å²) in [6, 6.07) is 14.3. The molecule has 0 saturated carbocycles. The van der Waals surface area contributed by atoms with Crippen molar-refractivity contribution in [2.75, 3.05) is 31.1 Å². The molecule has 1 aromatic heterocycles. The molecule has 0 N–H and O–H groups in total. The number of furan rings is 1. The lowest BCUT2D eigenvalue weighted by atomic mass is 10.2. The van der Waals surface area contributed by atoms with Crippen molar-refractivity contribution in [2.24, 2.45) is 5.10 Å². The maximum absolute atomic E-state index is 5.23. The number of rotatable bonds is 3. The second kappa shape index (κ2) is 5.61. The average Bonchev–Trinajstić information content (AvgIpc) is 3.00. The number of piperazine rings is 1. The van der Waals surface area contributed by atoms with Crippen LogP contribution in [0.2, 0.25) is 0 Å². The van der Waals surface area contributed by atoms with Crippen LogP contribution in [0.1, 0.15) is 5.76 Å². The predicted octanol–water partition coefficient (Wildman–Crippen LogP) is 2.44. The van der Waals surface area contributed by atoms with Crippen LogP contribution in [0.25, 0.3) is 0 Å². The first-order valence-corrected chi connectivity index (χ1v) is 6.54. The summed E-state index contributed by atoms with van der Waals surface area (Å²) in [7, 11) is 0. The molecule has 1 aromatic carbocycles. The Labute approximate surface area is 112 Å². The number of hydrogen-bond acceptors (Lipinski definition) is 4. The Bertz CT molecular complexity index is 514. The minimum Gasteiger partial charge on any atom is -0.463 e. The van der Waals surface area contributed by atoms with Crippen molar-refractivity contribution in [2.45, 2.75) is 0 Å². The number of hydrogen-bond donors (Lipinski definition) is 0. The Hall–Kier alpha value is -2.23. The van der Waals surface area contributed by atoms with Gasteiger partial charge in [-0.3, -0.25) is 5.01 Å². The standard InChI is InChI=1S/C15H17N3O/c1-2-5-14(6-3-1)17-8-10-18(11-9-17)16-13-15-7-4-12-19-15/h1-7,12-13H,8-11H2/b16-13+. The molecule has 1 aliphatic rings. The zero-order valence-electron chi connectivity index (χ0n) is 10.8. The molecule has 2 heterocycles. The van der Waals surface area contributed by atoms with E-state index in [2.05, 4.69) is 39.3 Å². The number of benzene rings is 1. The summed E-state index contributed by atoms with van der Waals surface area (Å²) in [6.45, 7) is 3.87. The molecule has 3 rings (SSSR count). The minimum absolute atomic E-state index is 0.797. The molecule has 1 saturated heterocycles. The van der Waals surface area contributed by atoms with E-state index in [1.165, 1.54) is 5.69 Å². The van der Waals surface area contributed by atoms with E-state index in [4.69, 9.17) is 4.42 Å². The number of hydrazone groups is 1. The Morgan fingerprint density at radius 2 is 1.74 bits per heavy atom. The van der Waals surface area contributed by atoms with Gasteiger partial charge in [-0.1, -0.05) is 18.2 Å². The van der Waals surface area contributed by atoms with Crippen LogP contribution >= 0.6 is 0 Å². The summed E-state index contributed by atoms with van der Waals surface area (Å²) < 4.78 is 5.23. The van der Waals surface area contributed by atoms with Crippen LogP contribution in [-0.2, 0) is 0 Å². The average molecular weight is 255 g/mol. The largest absolute Gasteiger partial charge is 0.463 e. The SMILES string of the molecule is C(=N\N1CCN(c2ccccc2)CC1)/c1ccco1. The maximum atomic E-state index is 5.23. The molecule has 98 valence electrons. The highest BCUT2D eigenvalue weighted by Crippen LogP contribution is 2.15. The van der Waals surface area contributed by atoms with Gasteiger partial charge in [-0.15, -0.1) is 0 Å². The van der Waals surface area contributed by atoms with Gasteiger partial charge in [0.1, 0.15) is 5.76 Å². The fourth-order valence-electron chi connectivity index (χ4n) is 2.21. The second-order valence-electron chi connectivity index (χ2n) is 4.54. The Morgan fingerprint density at radius 1 is 0.947 bits per heavy atom. The van der Waals surface area contributed by atoms with Crippen LogP contribution in [0.3, 0.4) is 0 Å². The monoisotopic (exact) mass is 255 g/mol. The zero-order valence-corrected chi connectivity index (χ0v) is 10.8. The number of anilines is 1. The second-order valence-corrected chi connectivity index (χ2v) is 4.54. The molecular formula is C15H17N3O. The minimum atomic E-state index is 0.797. The molecule has 0 bridgehead atoms. The van der Waals surface area contributed by atoms with E-state index in [0.29, 0.717) is 0 Å². The molecule has 0 radical (unpaired) electrons. The fourth-order valence-corrected chi connectivity index (χ4v) is 2.21. The Morgan fingerprint density at radius 3 is 2.42 bits per heavy atom. The molecule has 2 aromatic rings. The molecule has 0 atom stereocenters.